The summed E-state index contributed by atoms with van der Waals surface area (Å²) in [4.78, 5) is 46.1. The van der Waals surface area contributed by atoms with Gasteiger partial charge >= 0.3 is 0 Å². The Morgan fingerprint density at radius 3 is 2.33 bits per heavy atom. The van der Waals surface area contributed by atoms with Crippen molar-refractivity contribution in [2.75, 3.05) is 19.5 Å². The highest BCUT2D eigenvalue weighted by atomic mass is 79.9. The molecule has 1 N–H and O–H groups in total. The largest absolute Gasteiger partial charge is 0.497 e. The third-order valence-electron chi connectivity index (χ3n) is 8.93. The first kappa shape index (κ1) is 27.2. The van der Waals surface area contributed by atoms with Crippen LogP contribution in [-0.2, 0) is 10.2 Å². The molecule has 1 spiro atoms. The molecule has 0 unspecified atom stereocenters. The maximum Gasteiger partial charge on any atom is 0.238 e. The molecule has 4 aromatic carbocycles. The average Bonchev–Trinajstić information content (AvgIpc) is 3.52. The van der Waals surface area contributed by atoms with Gasteiger partial charge in [-0.15, -0.1) is 0 Å². The Hall–Kier alpha value is -4.69. The minimum Gasteiger partial charge on any atom is -0.497 e. The molecule has 0 bridgehead atoms. The van der Waals surface area contributed by atoms with Crippen molar-refractivity contribution in [3.8, 4) is 11.5 Å². The number of fused-ring (bicyclic) bond motifs is 6. The predicted molar refractivity (Wildman–Crippen MR) is 166 cm³/mol. The Balaban J connectivity index is 1.51. The number of para-hydroxylation sites is 1. The van der Waals surface area contributed by atoms with Crippen LogP contribution in [0.3, 0.4) is 0 Å². The van der Waals surface area contributed by atoms with E-state index in [4.69, 9.17) is 9.47 Å². The molecule has 0 saturated carbocycles. The Morgan fingerprint density at radius 1 is 0.860 bits per heavy atom. The first-order chi connectivity index (χ1) is 20.9. The van der Waals surface area contributed by atoms with Crippen LogP contribution in [0.5, 0.6) is 11.5 Å². The quantitative estimate of drug-likeness (QED) is 0.246. The zero-order chi connectivity index (χ0) is 29.9. The lowest BCUT2D eigenvalue weighted by Crippen LogP contribution is -2.49. The number of methoxy groups -OCH3 is 2. The summed E-state index contributed by atoms with van der Waals surface area (Å²) in [6.45, 7) is 0. The number of hydrogen-bond acceptors (Lipinski definition) is 6. The molecule has 7 nitrogen and oxygen atoms in total. The molecule has 3 aliphatic rings. The van der Waals surface area contributed by atoms with E-state index >= 15 is 0 Å². The first-order valence-corrected chi connectivity index (χ1v) is 14.7. The second-order valence-corrected chi connectivity index (χ2v) is 11.7. The van der Waals surface area contributed by atoms with Gasteiger partial charge in [-0.1, -0.05) is 42.5 Å². The second kappa shape index (κ2) is 10.2. The molecule has 3 heterocycles. The first-order valence-electron chi connectivity index (χ1n) is 13.9. The topological polar surface area (TPSA) is 84.9 Å². The lowest BCUT2D eigenvalue weighted by atomic mass is 9.62. The number of carbonyl (C=O) groups excluding carboxylic acids is 3. The van der Waals surface area contributed by atoms with E-state index in [1.165, 1.54) is 0 Å². The number of rotatable bonds is 6. The zero-order valence-electron chi connectivity index (χ0n) is 23.4. The third-order valence-corrected chi connectivity index (χ3v) is 9.55. The molecule has 0 radical (unpaired) electrons. The zero-order valence-corrected chi connectivity index (χ0v) is 25.0. The van der Waals surface area contributed by atoms with Gasteiger partial charge < -0.3 is 19.7 Å². The van der Waals surface area contributed by atoms with Gasteiger partial charge in [0.1, 0.15) is 23.0 Å². The van der Waals surface area contributed by atoms with Crippen molar-refractivity contribution >= 4 is 45.2 Å². The standard InChI is InChI=1S/C35H27BrN2O5/c1-42-23-14-11-21(12-15-23)31(39)29-30(32(40)22-13-16-28(43-2)26(36)19-22)38-18-17-20-7-3-4-8-24(20)33(38)35(29)25-9-5-6-10-27(25)37-34(35)41/h3-19,29-30,33H,1-2H3,(H,37,41)/t29-,30-,33+,35+/m0/s1. The van der Waals surface area contributed by atoms with Gasteiger partial charge in [-0.3, -0.25) is 14.4 Å². The molecule has 7 rings (SSSR count). The highest BCUT2D eigenvalue weighted by Crippen LogP contribution is 2.62. The van der Waals surface area contributed by atoms with E-state index in [1.807, 2.05) is 65.7 Å². The fourth-order valence-corrected chi connectivity index (χ4v) is 7.63. The molecule has 4 atom stereocenters. The number of benzene rings is 4. The number of ether oxygens (including phenoxy) is 2. The molecule has 0 aromatic heterocycles. The van der Waals surface area contributed by atoms with Crippen LogP contribution >= 0.6 is 15.9 Å². The molecule has 3 aliphatic heterocycles. The van der Waals surface area contributed by atoms with Crippen LogP contribution in [-0.4, -0.2) is 42.6 Å². The van der Waals surface area contributed by atoms with Crippen LogP contribution in [0.4, 0.5) is 5.69 Å². The van der Waals surface area contributed by atoms with E-state index in [0.29, 0.717) is 38.3 Å². The fraction of sp³-hybridized carbons (Fsp3) is 0.171. The number of carbonyl (C=O) groups is 3. The van der Waals surface area contributed by atoms with Gasteiger partial charge in [0, 0.05) is 23.0 Å². The number of nitrogens with one attached hydrogen (secondary N) is 1. The Kier molecular flexibility index (Phi) is 6.47. The average molecular weight is 636 g/mol. The number of nitrogens with zero attached hydrogens (tertiary/aromatic N) is 1. The normalized spacial score (nSPS) is 22.9. The molecule has 0 aliphatic carbocycles. The summed E-state index contributed by atoms with van der Waals surface area (Å²) in [6.07, 6.45) is 3.81. The molecule has 214 valence electrons. The minimum absolute atomic E-state index is 0.265. The van der Waals surface area contributed by atoms with Crippen LogP contribution in [0.1, 0.15) is 43.4 Å². The Morgan fingerprint density at radius 2 is 1.58 bits per heavy atom. The van der Waals surface area contributed by atoms with Crippen LogP contribution in [0, 0.1) is 5.92 Å². The third kappa shape index (κ3) is 3.89. The lowest BCUT2D eigenvalue weighted by Gasteiger charge is -2.38. The van der Waals surface area contributed by atoms with Crippen LogP contribution in [0.15, 0.2) is 102 Å². The SMILES string of the molecule is COc1ccc(C(=O)[C@@H]2[C@@H](C(=O)c3ccc(OC)c(Br)c3)N3C=Cc4ccccc4[C@@H]3[C@]23C(=O)Nc2ccccc23)cc1. The summed E-state index contributed by atoms with van der Waals surface area (Å²) >= 11 is 3.51. The Labute approximate surface area is 257 Å². The molecular formula is C35H27BrN2O5. The van der Waals surface area contributed by atoms with E-state index < -0.39 is 23.4 Å². The highest BCUT2D eigenvalue weighted by molar-refractivity contribution is 9.10. The van der Waals surface area contributed by atoms with Crippen molar-refractivity contribution in [2.45, 2.75) is 17.5 Å². The van der Waals surface area contributed by atoms with E-state index in [-0.39, 0.29) is 17.5 Å². The molecule has 1 amide bonds. The van der Waals surface area contributed by atoms with Crippen molar-refractivity contribution in [3.05, 3.63) is 129 Å². The smallest absolute Gasteiger partial charge is 0.238 e. The minimum atomic E-state index is -1.39. The highest BCUT2D eigenvalue weighted by Gasteiger charge is 2.70. The fourth-order valence-electron chi connectivity index (χ4n) is 7.09. The van der Waals surface area contributed by atoms with Crippen LogP contribution in [0.25, 0.3) is 6.08 Å². The van der Waals surface area contributed by atoms with Gasteiger partial charge in [0.25, 0.3) is 0 Å². The number of amides is 1. The number of hydrogen-bond donors (Lipinski definition) is 1. The summed E-state index contributed by atoms with van der Waals surface area (Å²) in [5, 5.41) is 3.07. The van der Waals surface area contributed by atoms with Crippen molar-refractivity contribution in [1.82, 2.24) is 4.90 Å². The van der Waals surface area contributed by atoms with E-state index in [9.17, 15) is 14.4 Å². The summed E-state index contributed by atoms with van der Waals surface area (Å²) < 4.78 is 11.3. The number of Topliss-reactive ketones (excluding diaryl/α,β-unsaturated/α-hetero) is 2. The molecule has 1 saturated heterocycles. The van der Waals surface area contributed by atoms with Crippen molar-refractivity contribution in [3.63, 3.8) is 0 Å². The maximum absolute atomic E-state index is 14.9. The van der Waals surface area contributed by atoms with Gasteiger partial charge in [-0.05, 0) is 87.2 Å². The molecule has 43 heavy (non-hydrogen) atoms. The summed E-state index contributed by atoms with van der Waals surface area (Å²) in [6, 6.07) is 25.7. The summed E-state index contributed by atoms with van der Waals surface area (Å²) in [5.41, 5.74) is 2.59. The van der Waals surface area contributed by atoms with Gasteiger partial charge in [0.2, 0.25) is 5.91 Å². The summed E-state index contributed by atoms with van der Waals surface area (Å²) in [7, 11) is 3.12. The molecule has 8 heteroatoms. The van der Waals surface area contributed by atoms with E-state index in [2.05, 4.69) is 21.2 Å². The number of ketones is 2. The molecule has 1 fully saturated rings. The predicted octanol–water partition coefficient (Wildman–Crippen LogP) is 6.45. The monoisotopic (exact) mass is 634 g/mol. The molecular weight excluding hydrogens is 608 g/mol. The van der Waals surface area contributed by atoms with E-state index in [1.54, 1.807) is 56.7 Å². The molecule has 4 aromatic rings. The van der Waals surface area contributed by atoms with Crippen molar-refractivity contribution < 1.29 is 23.9 Å². The Bertz CT molecular complexity index is 1830. The second-order valence-electron chi connectivity index (χ2n) is 10.9. The van der Waals surface area contributed by atoms with Gasteiger partial charge in [-0.2, -0.15) is 0 Å². The van der Waals surface area contributed by atoms with Gasteiger partial charge in [-0.25, -0.2) is 0 Å². The maximum atomic E-state index is 14.9. The number of anilines is 1. The van der Waals surface area contributed by atoms with Crippen molar-refractivity contribution in [2.24, 2.45) is 5.92 Å². The number of halogens is 1. The van der Waals surface area contributed by atoms with Crippen molar-refractivity contribution in [1.29, 1.82) is 0 Å². The van der Waals surface area contributed by atoms with Gasteiger partial charge in [0.05, 0.1) is 30.7 Å². The van der Waals surface area contributed by atoms with Crippen LogP contribution in [0.2, 0.25) is 0 Å². The van der Waals surface area contributed by atoms with E-state index in [0.717, 1.165) is 11.1 Å². The van der Waals surface area contributed by atoms with Crippen LogP contribution < -0.4 is 14.8 Å². The summed E-state index contributed by atoms with van der Waals surface area (Å²) in [5.74, 6) is -0.727. The lowest BCUT2D eigenvalue weighted by molar-refractivity contribution is -0.122. The van der Waals surface area contributed by atoms with Gasteiger partial charge in [0.15, 0.2) is 11.6 Å².